The van der Waals surface area contributed by atoms with E-state index >= 15 is 0 Å². The Morgan fingerprint density at radius 2 is 1.89 bits per heavy atom. The summed E-state index contributed by atoms with van der Waals surface area (Å²) >= 11 is 0. The van der Waals surface area contributed by atoms with Gasteiger partial charge < -0.3 is 19.5 Å². The quantitative estimate of drug-likeness (QED) is 0.679. The summed E-state index contributed by atoms with van der Waals surface area (Å²) in [4.78, 5) is 34.9. The van der Waals surface area contributed by atoms with E-state index in [1.165, 1.54) is 5.56 Å². The second-order valence-corrected chi connectivity index (χ2v) is 10.8. The molecule has 9 heteroatoms. The van der Waals surface area contributed by atoms with Crippen LogP contribution in [-0.4, -0.2) is 77.6 Å². The van der Waals surface area contributed by atoms with Crippen molar-refractivity contribution in [3.8, 4) is 5.75 Å². The summed E-state index contributed by atoms with van der Waals surface area (Å²) in [6, 6.07) is 8.21. The maximum absolute atomic E-state index is 13.3. The van der Waals surface area contributed by atoms with Crippen LogP contribution < -0.4 is 10.1 Å². The van der Waals surface area contributed by atoms with Crippen molar-refractivity contribution < 1.29 is 18.8 Å². The Kier molecular flexibility index (Phi) is 8.08. The number of nitrogens with one attached hydrogen (secondary N) is 1. The van der Waals surface area contributed by atoms with Crippen LogP contribution in [0.2, 0.25) is 0 Å². The minimum atomic E-state index is -0.348. The third-order valence-electron chi connectivity index (χ3n) is 8.38. The minimum absolute atomic E-state index is 0.148. The number of benzene rings is 1. The molecule has 2 aromatic rings. The summed E-state index contributed by atoms with van der Waals surface area (Å²) in [5, 5.41) is 7.20. The van der Waals surface area contributed by atoms with Crippen molar-refractivity contribution in [2.75, 3.05) is 45.9 Å². The van der Waals surface area contributed by atoms with E-state index in [-0.39, 0.29) is 23.1 Å². The monoisotopic (exact) mass is 509 g/mol. The number of rotatable bonds is 3. The summed E-state index contributed by atoms with van der Waals surface area (Å²) < 4.78 is 11.1. The molecule has 5 rings (SSSR count). The van der Waals surface area contributed by atoms with Gasteiger partial charge in [0, 0.05) is 25.9 Å². The van der Waals surface area contributed by atoms with Gasteiger partial charge in [-0.2, -0.15) is 4.98 Å². The first-order valence-corrected chi connectivity index (χ1v) is 13.8. The average molecular weight is 510 g/mol. The lowest BCUT2D eigenvalue weighted by Crippen LogP contribution is -2.52. The van der Waals surface area contributed by atoms with Gasteiger partial charge in [0.1, 0.15) is 12.4 Å². The lowest BCUT2D eigenvalue weighted by molar-refractivity contribution is -0.137. The number of piperidine rings is 2. The lowest BCUT2D eigenvalue weighted by Gasteiger charge is -2.41. The lowest BCUT2D eigenvalue weighted by atomic mass is 9.73. The van der Waals surface area contributed by atoms with Crippen LogP contribution in [0.1, 0.15) is 68.1 Å². The van der Waals surface area contributed by atoms with Gasteiger partial charge in [0.15, 0.2) is 5.82 Å². The van der Waals surface area contributed by atoms with E-state index in [9.17, 15) is 9.59 Å². The van der Waals surface area contributed by atoms with E-state index in [4.69, 9.17) is 9.26 Å². The summed E-state index contributed by atoms with van der Waals surface area (Å²) in [6.45, 7) is 6.21. The molecule has 0 atom stereocenters. The third kappa shape index (κ3) is 6.14. The van der Waals surface area contributed by atoms with Crippen molar-refractivity contribution in [2.24, 2.45) is 5.41 Å². The Balaban J connectivity index is 1.11. The number of hydrogen-bond donors (Lipinski definition) is 1. The Morgan fingerprint density at radius 1 is 1.11 bits per heavy atom. The number of hydrogen-bond acceptors (Lipinski definition) is 7. The largest absolute Gasteiger partial charge is 0.491 e. The topological polar surface area (TPSA) is 101 Å². The summed E-state index contributed by atoms with van der Waals surface area (Å²) in [5.74, 6) is 2.86. The molecule has 200 valence electrons. The summed E-state index contributed by atoms with van der Waals surface area (Å²) in [6.07, 6.45) is 7.23. The van der Waals surface area contributed by atoms with Crippen LogP contribution in [0.5, 0.6) is 5.75 Å². The normalized spacial score (nSPS) is 21.9. The Labute approximate surface area is 218 Å². The molecule has 3 aliphatic heterocycles. The zero-order valence-electron chi connectivity index (χ0n) is 21.9. The van der Waals surface area contributed by atoms with Crippen molar-refractivity contribution in [2.45, 2.75) is 64.2 Å². The number of amides is 2. The maximum atomic E-state index is 13.3. The highest BCUT2D eigenvalue weighted by Crippen LogP contribution is 2.38. The molecule has 37 heavy (non-hydrogen) atoms. The van der Waals surface area contributed by atoms with Crippen molar-refractivity contribution >= 4 is 11.8 Å². The van der Waals surface area contributed by atoms with E-state index in [1.807, 2.05) is 17.0 Å². The van der Waals surface area contributed by atoms with E-state index in [2.05, 4.69) is 32.5 Å². The molecule has 4 heterocycles. The van der Waals surface area contributed by atoms with Crippen molar-refractivity contribution in [1.82, 2.24) is 25.3 Å². The van der Waals surface area contributed by atoms with E-state index < -0.39 is 0 Å². The van der Waals surface area contributed by atoms with E-state index in [0.29, 0.717) is 25.6 Å². The smallest absolute Gasteiger partial charge is 0.236 e. The van der Waals surface area contributed by atoms with Gasteiger partial charge in [-0.05, 0) is 69.7 Å². The van der Waals surface area contributed by atoms with Crippen LogP contribution in [0, 0.1) is 12.3 Å². The number of aromatic nitrogens is 2. The molecule has 0 radical (unpaired) electrons. The molecule has 0 saturated carbocycles. The highest BCUT2D eigenvalue weighted by Gasteiger charge is 2.41. The number of carbonyl (C=O) groups is 2. The number of ether oxygens (including phenoxy) is 1. The van der Waals surface area contributed by atoms with Gasteiger partial charge >= 0.3 is 0 Å². The molecular weight excluding hydrogens is 470 g/mol. The molecule has 9 nitrogen and oxygen atoms in total. The number of likely N-dealkylation sites (tertiary alicyclic amines) is 2. The van der Waals surface area contributed by atoms with Gasteiger partial charge in [-0.25, -0.2) is 0 Å². The first kappa shape index (κ1) is 25.7. The zero-order chi connectivity index (χ0) is 25.7. The third-order valence-corrected chi connectivity index (χ3v) is 8.38. The molecule has 3 aliphatic rings. The Hall–Kier alpha value is -2.94. The second kappa shape index (κ2) is 11.6. The van der Waals surface area contributed by atoms with Crippen LogP contribution in [0.3, 0.4) is 0 Å². The van der Waals surface area contributed by atoms with Gasteiger partial charge in [0.2, 0.25) is 17.7 Å². The van der Waals surface area contributed by atoms with Gasteiger partial charge in [-0.15, -0.1) is 0 Å². The molecule has 1 aromatic carbocycles. The fourth-order valence-corrected chi connectivity index (χ4v) is 6.03. The highest BCUT2D eigenvalue weighted by atomic mass is 16.5. The van der Waals surface area contributed by atoms with Crippen molar-refractivity contribution in [3.63, 3.8) is 0 Å². The first-order valence-electron chi connectivity index (χ1n) is 13.8. The number of aryl methyl sites for hydroxylation is 2. The highest BCUT2D eigenvalue weighted by molar-refractivity contribution is 5.83. The molecule has 0 aliphatic carbocycles. The molecule has 1 N–H and O–H groups in total. The standard InChI is InChI=1S/C28H39N5O4/c1-21-30-26(31-37-21)23-9-15-33(16-10-23)25(34)20-32-17-12-28(13-18-32)11-5-4-7-22-6-2-3-8-24(22)36-19-14-29-27(28)35/h2-3,6,8,23H,4-5,7,9-20H2,1H3,(H,29,35). The van der Waals surface area contributed by atoms with Crippen molar-refractivity contribution in [3.05, 3.63) is 41.5 Å². The van der Waals surface area contributed by atoms with Crippen LogP contribution >= 0.6 is 0 Å². The van der Waals surface area contributed by atoms with Crippen LogP contribution in [0.25, 0.3) is 0 Å². The predicted octanol–water partition coefficient (Wildman–Crippen LogP) is 3.09. The van der Waals surface area contributed by atoms with E-state index in [1.54, 1.807) is 6.92 Å². The van der Waals surface area contributed by atoms with Crippen LogP contribution in [0.4, 0.5) is 0 Å². The van der Waals surface area contributed by atoms with Gasteiger partial charge in [0.25, 0.3) is 0 Å². The first-order chi connectivity index (χ1) is 18.0. The van der Waals surface area contributed by atoms with E-state index in [0.717, 1.165) is 89.1 Å². The number of carbonyl (C=O) groups excluding carboxylic acids is 2. The van der Waals surface area contributed by atoms with Crippen LogP contribution in [0.15, 0.2) is 28.8 Å². The second-order valence-electron chi connectivity index (χ2n) is 10.8. The average Bonchev–Trinajstić information content (AvgIpc) is 3.36. The molecule has 2 saturated heterocycles. The van der Waals surface area contributed by atoms with Crippen LogP contribution in [-0.2, 0) is 16.0 Å². The number of fused-ring (bicyclic) bond motifs is 1. The minimum Gasteiger partial charge on any atom is -0.491 e. The SMILES string of the molecule is Cc1nc(C2CCN(C(=O)CN3CCC4(CCCCc5ccccc5OCCNC4=O)CC3)CC2)no1. The Bertz CT molecular complexity index is 1070. The van der Waals surface area contributed by atoms with Gasteiger partial charge in [-0.1, -0.05) is 29.8 Å². The molecule has 2 amide bonds. The molecule has 1 spiro atoms. The predicted molar refractivity (Wildman–Crippen MR) is 138 cm³/mol. The molecule has 2 fully saturated rings. The summed E-state index contributed by atoms with van der Waals surface area (Å²) in [5.41, 5.74) is 0.896. The fourth-order valence-electron chi connectivity index (χ4n) is 6.03. The maximum Gasteiger partial charge on any atom is 0.236 e. The molecule has 0 unspecified atom stereocenters. The molecule has 1 aromatic heterocycles. The number of nitrogens with zero attached hydrogens (tertiary/aromatic N) is 4. The van der Waals surface area contributed by atoms with Gasteiger partial charge in [0.05, 0.1) is 18.5 Å². The summed E-state index contributed by atoms with van der Waals surface area (Å²) in [7, 11) is 0. The zero-order valence-corrected chi connectivity index (χ0v) is 21.9. The van der Waals surface area contributed by atoms with Gasteiger partial charge in [-0.3, -0.25) is 14.5 Å². The number of para-hydroxylation sites is 1. The Morgan fingerprint density at radius 3 is 2.65 bits per heavy atom. The molecule has 0 bridgehead atoms. The van der Waals surface area contributed by atoms with Crippen molar-refractivity contribution in [1.29, 1.82) is 0 Å². The molecular formula is C28H39N5O4. The fraction of sp³-hybridized carbons (Fsp3) is 0.643.